The van der Waals surface area contributed by atoms with Crippen LogP contribution >= 0.6 is 27.5 Å². The van der Waals surface area contributed by atoms with Crippen LogP contribution in [0.25, 0.3) is 16.7 Å². The van der Waals surface area contributed by atoms with Gasteiger partial charge in [-0.2, -0.15) is 0 Å². The third-order valence-electron chi connectivity index (χ3n) is 3.36. The number of fused-ring (bicyclic) bond motifs is 1. The van der Waals surface area contributed by atoms with Gasteiger partial charge in [-0.25, -0.2) is 9.37 Å². The van der Waals surface area contributed by atoms with Crippen molar-refractivity contribution in [2.24, 2.45) is 0 Å². The van der Waals surface area contributed by atoms with E-state index in [1.165, 1.54) is 6.07 Å². The molecule has 0 bridgehead atoms. The SMILES string of the molecule is Cc1ccc(-n2c(C(C)Cl)nc3c(F)cccc32)c(Br)c1. The van der Waals surface area contributed by atoms with E-state index in [2.05, 4.69) is 20.9 Å². The molecule has 0 aliphatic heterocycles. The van der Waals surface area contributed by atoms with Crippen LogP contribution in [0.1, 0.15) is 23.7 Å². The molecule has 5 heteroatoms. The lowest BCUT2D eigenvalue weighted by Crippen LogP contribution is -2.02. The molecular weight excluding hydrogens is 355 g/mol. The van der Waals surface area contributed by atoms with Crippen LogP contribution in [0.4, 0.5) is 4.39 Å². The van der Waals surface area contributed by atoms with Crippen LogP contribution in [0, 0.1) is 12.7 Å². The lowest BCUT2D eigenvalue weighted by Gasteiger charge is -2.13. The second-order valence-electron chi connectivity index (χ2n) is 4.98. The summed E-state index contributed by atoms with van der Waals surface area (Å²) in [4.78, 5) is 4.39. The molecule has 3 aromatic rings. The second-order valence-corrected chi connectivity index (χ2v) is 6.49. The van der Waals surface area contributed by atoms with Crippen molar-refractivity contribution < 1.29 is 4.39 Å². The lowest BCUT2D eigenvalue weighted by molar-refractivity contribution is 0.637. The maximum Gasteiger partial charge on any atom is 0.151 e. The van der Waals surface area contributed by atoms with Gasteiger partial charge in [0.2, 0.25) is 0 Å². The van der Waals surface area contributed by atoms with Crippen molar-refractivity contribution in [3.05, 3.63) is 58.1 Å². The number of alkyl halides is 1. The molecule has 108 valence electrons. The highest BCUT2D eigenvalue weighted by atomic mass is 79.9. The monoisotopic (exact) mass is 366 g/mol. The van der Waals surface area contributed by atoms with Gasteiger partial charge in [-0.3, -0.25) is 4.57 Å². The van der Waals surface area contributed by atoms with Gasteiger partial charge in [0.25, 0.3) is 0 Å². The van der Waals surface area contributed by atoms with Crippen LogP contribution < -0.4 is 0 Å². The van der Waals surface area contributed by atoms with E-state index in [0.29, 0.717) is 16.9 Å². The molecule has 0 amide bonds. The van der Waals surface area contributed by atoms with E-state index >= 15 is 0 Å². The molecule has 0 saturated heterocycles. The summed E-state index contributed by atoms with van der Waals surface area (Å²) in [6.45, 7) is 3.85. The molecule has 0 radical (unpaired) electrons. The Labute approximate surface area is 135 Å². The third kappa shape index (κ3) is 2.47. The minimum absolute atomic E-state index is 0.329. The molecule has 0 spiro atoms. The van der Waals surface area contributed by atoms with Gasteiger partial charge in [-0.15, -0.1) is 11.6 Å². The molecule has 1 heterocycles. The normalized spacial score (nSPS) is 12.8. The van der Waals surface area contributed by atoms with Gasteiger partial charge in [-0.1, -0.05) is 12.1 Å². The van der Waals surface area contributed by atoms with E-state index in [1.807, 2.05) is 42.7 Å². The molecule has 0 aliphatic rings. The Kier molecular flexibility index (Phi) is 3.76. The number of para-hydroxylation sites is 1. The standard InChI is InChI=1S/C16H13BrClFN2/c1-9-6-7-13(11(17)8-9)21-14-5-3-4-12(19)15(14)20-16(21)10(2)18/h3-8,10H,1-2H3. The second kappa shape index (κ2) is 5.43. The highest BCUT2D eigenvalue weighted by Crippen LogP contribution is 2.32. The molecule has 1 unspecified atom stereocenters. The maximum atomic E-state index is 14.0. The summed E-state index contributed by atoms with van der Waals surface area (Å²) in [5.74, 6) is 0.286. The molecule has 2 nitrogen and oxygen atoms in total. The molecule has 0 fully saturated rings. The van der Waals surface area contributed by atoms with Gasteiger partial charge in [-0.05, 0) is 59.6 Å². The highest BCUT2D eigenvalue weighted by Gasteiger charge is 2.19. The Balaban J connectivity index is 2.39. The first kappa shape index (κ1) is 14.5. The number of hydrogen-bond acceptors (Lipinski definition) is 1. The van der Waals surface area contributed by atoms with Crippen LogP contribution in [-0.4, -0.2) is 9.55 Å². The summed E-state index contributed by atoms with van der Waals surface area (Å²) in [6.07, 6.45) is 0. The van der Waals surface area contributed by atoms with Crippen molar-refractivity contribution in [1.82, 2.24) is 9.55 Å². The van der Waals surface area contributed by atoms with E-state index < -0.39 is 0 Å². The Hall–Kier alpha value is -1.39. The Morgan fingerprint density at radius 1 is 1.29 bits per heavy atom. The first-order valence-corrected chi connectivity index (χ1v) is 7.79. The van der Waals surface area contributed by atoms with Crippen molar-refractivity contribution in [2.75, 3.05) is 0 Å². The molecule has 1 atom stereocenters. The Morgan fingerprint density at radius 2 is 2.05 bits per heavy atom. The summed E-state index contributed by atoms with van der Waals surface area (Å²) in [6, 6.07) is 10.9. The molecule has 21 heavy (non-hydrogen) atoms. The van der Waals surface area contributed by atoms with E-state index in [0.717, 1.165) is 15.7 Å². The van der Waals surface area contributed by atoms with Crippen LogP contribution in [0.15, 0.2) is 40.9 Å². The predicted molar refractivity (Wildman–Crippen MR) is 87.7 cm³/mol. The average molecular weight is 368 g/mol. The number of nitrogens with zero attached hydrogens (tertiary/aromatic N) is 2. The molecule has 3 rings (SSSR count). The third-order valence-corrected chi connectivity index (χ3v) is 4.19. The van der Waals surface area contributed by atoms with Crippen molar-refractivity contribution in [1.29, 1.82) is 0 Å². The summed E-state index contributed by atoms with van der Waals surface area (Å²) in [5, 5.41) is -0.329. The largest absolute Gasteiger partial charge is 0.294 e. The predicted octanol–water partition coefficient (Wildman–Crippen LogP) is 5.54. The maximum absolute atomic E-state index is 14.0. The fourth-order valence-corrected chi connectivity index (χ4v) is 3.21. The number of benzene rings is 2. The van der Waals surface area contributed by atoms with Crippen LogP contribution in [0.5, 0.6) is 0 Å². The molecule has 2 aromatic carbocycles. The molecule has 0 N–H and O–H groups in total. The lowest BCUT2D eigenvalue weighted by atomic mass is 10.2. The Morgan fingerprint density at radius 3 is 2.71 bits per heavy atom. The zero-order valence-electron chi connectivity index (χ0n) is 11.6. The minimum Gasteiger partial charge on any atom is -0.294 e. The van der Waals surface area contributed by atoms with Crippen molar-refractivity contribution in [2.45, 2.75) is 19.2 Å². The number of imidazole rings is 1. The van der Waals surface area contributed by atoms with E-state index in [-0.39, 0.29) is 11.2 Å². The van der Waals surface area contributed by atoms with Crippen molar-refractivity contribution in [3.8, 4) is 5.69 Å². The summed E-state index contributed by atoms with van der Waals surface area (Å²) >= 11 is 9.82. The molecule has 1 aromatic heterocycles. The van der Waals surface area contributed by atoms with Gasteiger partial charge in [0.05, 0.1) is 16.6 Å². The fraction of sp³-hybridized carbons (Fsp3) is 0.188. The van der Waals surface area contributed by atoms with Gasteiger partial charge < -0.3 is 0 Å². The van der Waals surface area contributed by atoms with Crippen LogP contribution in [0.3, 0.4) is 0 Å². The first-order valence-electron chi connectivity index (χ1n) is 6.56. The zero-order chi connectivity index (χ0) is 15.1. The highest BCUT2D eigenvalue weighted by molar-refractivity contribution is 9.10. The zero-order valence-corrected chi connectivity index (χ0v) is 13.9. The number of hydrogen-bond donors (Lipinski definition) is 0. The molecule has 0 aliphatic carbocycles. The van der Waals surface area contributed by atoms with Gasteiger partial charge in [0, 0.05) is 4.47 Å². The minimum atomic E-state index is -0.340. The summed E-state index contributed by atoms with van der Waals surface area (Å²) < 4.78 is 16.8. The van der Waals surface area contributed by atoms with E-state index in [4.69, 9.17) is 11.6 Å². The summed E-state index contributed by atoms with van der Waals surface area (Å²) in [7, 11) is 0. The van der Waals surface area contributed by atoms with Crippen molar-refractivity contribution in [3.63, 3.8) is 0 Å². The topological polar surface area (TPSA) is 17.8 Å². The average Bonchev–Trinajstić information content (AvgIpc) is 2.80. The van der Waals surface area contributed by atoms with Gasteiger partial charge in [0.1, 0.15) is 11.3 Å². The number of aryl methyl sites for hydroxylation is 1. The summed E-state index contributed by atoms with van der Waals surface area (Å²) in [5.41, 5.74) is 3.09. The van der Waals surface area contributed by atoms with Crippen LogP contribution in [-0.2, 0) is 0 Å². The Bertz CT molecular complexity index is 827. The smallest absolute Gasteiger partial charge is 0.151 e. The number of aromatic nitrogens is 2. The van der Waals surface area contributed by atoms with Gasteiger partial charge >= 0.3 is 0 Å². The van der Waals surface area contributed by atoms with Crippen LogP contribution in [0.2, 0.25) is 0 Å². The number of halogens is 3. The van der Waals surface area contributed by atoms with E-state index in [9.17, 15) is 4.39 Å². The van der Waals surface area contributed by atoms with E-state index in [1.54, 1.807) is 6.07 Å². The molecule has 0 saturated carbocycles. The van der Waals surface area contributed by atoms with Gasteiger partial charge in [0.15, 0.2) is 5.82 Å². The fourth-order valence-electron chi connectivity index (χ4n) is 2.40. The quantitative estimate of drug-likeness (QED) is 0.544. The molecular formula is C16H13BrClFN2. The van der Waals surface area contributed by atoms with Crippen molar-refractivity contribution >= 4 is 38.6 Å². The number of rotatable bonds is 2. The first-order chi connectivity index (χ1) is 9.99.